The minimum Gasteiger partial charge on any atom is -0.395 e. The van der Waals surface area contributed by atoms with E-state index < -0.39 is 52.8 Å². The summed E-state index contributed by atoms with van der Waals surface area (Å²) in [6.07, 6.45) is -4.57. The number of hydrogen-bond acceptors (Lipinski definition) is 5. The van der Waals surface area contributed by atoms with Crippen LogP contribution < -0.4 is 4.90 Å². The second-order valence-corrected chi connectivity index (χ2v) is 10.4. The first-order valence-corrected chi connectivity index (χ1v) is 12.7. The van der Waals surface area contributed by atoms with Crippen molar-refractivity contribution in [3.63, 3.8) is 0 Å². The minimum absolute atomic E-state index is 0.0434. The summed E-state index contributed by atoms with van der Waals surface area (Å²) in [5.74, 6) is -0.484. The number of aliphatic hydroxyl groups is 2. The van der Waals surface area contributed by atoms with Crippen LogP contribution >= 0.6 is 11.6 Å². The lowest BCUT2D eigenvalue weighted by Crippen LogP contribution is -2.41. The van der Waals surface area contributed by atoms with Gasteiger partial charge in [-0.15, -0.1) is 0 Å². The Morgan fingerprint density at radius 3 is 2.26 bits per heavy atom. The second-order valence-electron chi connectivity index (χ2n) is 7.88. The highest BCUT2D eigenvalue weighted by atomic mass is 35.5. The molecule has 1 aliphatic rings. The van der Waals surface area contributed by atoms with Crippen molar-refractivity contribution >= 4 is 33.3 Å². The first-order chi connectivity index (χ1) is 16.5. The van der Waals surface area contributed by atoms with E-state index in [2.05, 4.69) is 0 Å². The standard InChI is InChI=1S/C22H25ClF3N3O5S/c23-18-4-6-19(7-5-18)29-20(16-2-1-3-17(14-16)22(24,25)26)15-27(21(29)32)10-13-35(33,34)28(8-11-30)9-12-31/h1-7,14,20,30-31H,8-13,15H2. The summed E-state index contributed by atoms with van der Waals surface area (Å²) < 4.78 is 66.2. The topological polar surface area (TPSA) is 101 Å². The number of sulfonamides is 1. The van der Waals surface area contributed by atoms with Crippen molar-refractivity contribution in [3.05, 3.63) is 64.7 Å². The summed E-state index contributed by atoms with van der Waals surface area (Å²) in [5, 5.41) is 18.7. The molecular formula is C22H25ClF3N3O5S. The monoisotopic (exact) mass is 535 g/mol. The van der Waals surface area contributed by atoms with Gasteiger partial charge in [0.25, 0.3) is 0 Å². The van der Waals surface area contributed by atoms with Gasteiger partial charge in [-0.2, -0.15) is 17.5 Å². The molecule has 0 spiro atoms. The molecule has 0 aliphatic carbocycles. The molecule has 1 unspecified atom stereocenters. The number of amides is 2. The van der Waals surface area contributed by atoms with Gasteiger partial charge in [0, 0.05) is 36.9 Å². The van der Waals surface area contributed by atoms with Gasteiger partial charge in [0.2, 0.25) is 10.0 Å². The van der Waals surface area contributed by atoms with Gasteiger partial charge in [-0.25, -0.2) is 13.2 Å². The van der Waals surface area contributed by atoms with Crippen LogP contribution in [0.3, 0.4) is 0 Å². The minimum atomic E-state index is -4.57. The molecule has 2 aromatic carbocycles. The highest BCUT2D eigenvalue weighted by Crippen LogP contribution is 2.37. The van der Waals surface area contributed by atoms with E-state index in [0.29, 0.717) is 10.7 Å². The second kappa shape index (κ2) is 11.1. The van der Waals surface area contributed by atoms with Gasteiger partial charge in [-0.05, 0) is 42.0 Å². The van der Waals surface area contributed by atoms with E-state index in [1.165, 1.54) is 21.9 Å². The van der Waals surface area contributed by atoms with Crippen LogP contribution in [0, 0.1) is 0 Å². The van der Waals surface area contributed by atoms with Crippen molar-refractivity contribution in [2.75, 3.05) is 50.0 Å². The fourth-order valence-corrected chi connectivity index (χ4v) is 5.43. The van der Waals surface area contributed by atoms with Crippen molar-refractivity contribution in [1.29, 1.82) is 0 Å². The fraction of sp³-hybridized carbons (Fsp3) is 0.409. The van der Waals surface area contributed by atoms with E-state index in [1.54, 1.807) is 24.3 Å². The van der Waals surface area contributed by atoms with E-state index >= 15 is 0 Å². The molecule has 0 radical (unpaired) electrons. The molecule has 192 valence electrons. The molecular weight excluding hydrogens is 511 g/mol. The van der Waals surface area contributed by atoms with E-state index in [1.807, 2.05) is 0 Å². The first kappa shape index (κ1) is 27.2. The lowest BCUT2D eigenvalue weighted by molar-refractivity contribution is -0.137. The van der Waals surface area contributed by atoms with Crippen LogP contribution in [-0.2, 0) is 16.2 Å². The molecule has 0 aromatic heterocycles. The SMILES string of the molecule is O=C1N(CCS(=O)(=O)N(CCO)CCO)CC(c2cccc(C(F)(F)F)c2)N1c1ccc(Cl)cc1. The van der Waals surface area contributed by atoms with Gasteiger partial charge in [0.05, 0.1) is 30.6 Å². The number of aliphatic hydroxyl groups excluding tert-OH is 2. The third-order valence-corrected chi connectivity index (χ3v) is 7.70. The first-order valence-electron chi connectivity index (χ1n) is 10.7. The Labute approximate surface area is 206 Å². The molecule has 1 atom stereocenters. The Morgan fingerprint density at radius 2 is 1.69 bits per heavy atom. The number of alkyl halides is 3. The number of anilines is 1. The average molecular weight is 536 g/mol. The number of nitrogens with zero attached hydrogens (tertiary/aromatic N) is 3. The molecule has 1 heterocycles. The van der Waals surface area contributed by atoms with E-state index in [4.69, 9.17) is 21.8 Å². The zero-order valence-corrected chi connectivity index (χ0v) is 20.1. The van der Waals surface area contributed by atoms with Gasteiger partial charge < -0.3 is 15.1 Å². The molecule has 2 N–H and O–H groups in total. The van der Waals surface area contributed by atoms with Crippen LogP contribution in [-0.4, -0.2) is 79.0 Å². The highest BCUT2D eigenvalue weighted by Gasteiger charge is 2.41. The van der Waals surface area contributed by atoms with Crippen molar-refractivity contribution in [2.24, 2.45) is 0 Å². The molecule has 0 saturated carbocycles. The summed E-state index contributed by atoms with van der Waals surface area (Å²) >= 11 is 5.94. The van der Waals surface area contributed by atoms with Crippen LogP contribution in [0.4, 0.5) is 23.7 Å². The number of halogens is 4. The number of hydrogen-bond donors (Lipinski definition) is 2. The van der Waals surface area contributed by atoms with E-state index in [0.717, 1.165) is 16.4 Å². The van der Waals surface area contributed by atoms with Crippen LogP contribution in [0.1, 0.15) is 17.2 Å². The molecule has 0 bridgehead atoms. The fourth-order valence-electron chi connectivity index (χ4n) is 3.88. The molecule has 2 amide bonds. The van der Waals surface area contributed by atoms with E-state index in [-0.39, 0.29) is 31.7 Å². The maximum absolute atomic E-state index is 13.3. The zero-order chi connectivity index (χ0) is 25.8. The molecule has 13 heteroatoms. The molecule has 35 heavy (non-hydrogen) atoms. The third-order valence-electron chi connectivity index (χ3n) is 5.60. The Morgan fingerprint density at radius 1 is 1.06 bits per heavy atom. The van der Waals surface area contributed by atoms with Crippen molar-refractivity contribution < 1.29 is 36.6 Å². The summed E-state index contributed by atoms with van der Waals surface area (Å²) in [7, 11) is -3.92. The number of carbonyl (C=O) groups is 1. The van der Waals surface area contributed by atoms with Crippen molar-refractivity contribution in [1.82, 2.24) is 9.21 Å². The largest absolute Gasteiger partial charge is 0.416 e. The predicted molar refractivity (Wildman–Crippen MR) is 125 cm³/mol. The van der Waals surface area contributed by atoms with E-state index in [9.17, 15) is 26.4 Å². The zero-order valence-electron chi connectivity index (χ0n) is 18.5. The molecule has 1 fully saturated rings. The maximum atomic E-state index is 13.3. The molecule has 1 aliphatic heterocycles. The lowest BCUT2D eigenvalue weighted by atomic mass is 10.0. The van der Waals surface area contributed by atoms with Gasteiger partial charge in [0.1, 0.15) is 0 Å². The summed E-state index contributed by atoms with van der Waals surface area (Å²) in [4.78, 5) is 15.9. The molecule has 8 nitrogen and oxygen atoms in total. The smallest absolute Gasteiger partial charge is 0.395 e. The normalized spacial score (nSPS) is 17.0. The summed E-state index contributed by atoms with van der Waals surface area (Å²) in [6.45, 7) is -1.57. The maximum Gasteiger partial charge on any atom is 0.416 e. The summed E-state index contributed by atoms with van der Waals surface area (Å²) in [5.41, 5.74) is -0.215. The van der Waals surface area contributed by atoms with Crippen LogP contribution in [0.2, 0.25) is 5.02 Å². The third kappa shape index (κ3) is 6.44. The van der Waals surface area contributed by atoms with Crippen molar-refractivity contribution in [2.45, 2.75) is 12.2 Å². The van der Waals surface area contributed by atoms with Crippen molar-refractivity contribution in [3.8, 4) is 0 Å². The van der Waals surface area contributed by atoms with Crippen LogP contribution in [0.25, 0.3) is 0 Å². The molecule has 3 rings (SSSR count). The average Bonchev–Trinajstić information content (AvgIpc) is 3.14. The molecule has 2 aromatic rings. The summed E-state index contributed by atoms with van der Waals surface area (Å²) in [6, 6.07) is 9.50. The van der Waals surface area contributed by atoms with Gasteiger partial charge in [-0.3, -0.25) is 4.90 Å². The Kier molecular flexibility index (Phi) is 8.65. The molecule has 1 saturated heterocycles. The number of rotatable bonds is 10. The Bertz CT molecular complexity index is 1130. The van der Waals surface area contributed by atoms with Crippen LogP contribution in [0.5, 0.6) is 0 Å². The lowest BCUT2D eigenvalue weighted by Gasteiger charge is -2.24. The Balaban J connectivity index is 1.91. The van der Waals surface area contributed by atoms with Gasteiger partial charge >= 0.3 is 12.2 Å². The van der Waals surface area contributed by atoms with Crippen LogP contribution in [0.15, 0.2) is 48.5 Å². The van der Waals surface area contributed by atoms with Gasteiger partial charge in [-0.1, -0.05) is 23.7 Å². The number of urea groups is 1. The number of carbonyl (C=O) groups excluding carboxylic acids is 1. The Hall–Kier alpha value is -2.38. The highest BCUT2D eigenvalue weighted by molar-refractivity contribution is 7.89. The number of benzene rings is 2. The van der Waals surface area contributed by atoms with Gasteiger partial charge in [0.15, 0.2) is 0 Å². The quantitative estimate of drug-likeness (QED) is 0.487. The predicted octanol–water partition coefficient (Wildman–Crippen LogP) is 2.96.